The van der Waals surface area contributed by atoms with E-state index in [2.05, 4.69) is 212 Å². The van der Waals surface area contributed by atoms with Crippen molar-refractivity contribution in [2.75, 3.05) is 9.71 Å². The van der Waals surface area contributed by atoms with E-state index < -0.39 is 5.41 Å². The number of para-hydroxylation sites is 3. The van der Waals surface area contributed by atoms with Gasteiger partial charge in [0.05, 0.1) is 5.41 Å². The van der Waals surface area contributed by atoms with Crippen LogP contribution >= 0.6 is 0 Å². The molecule has 8 aromatic carbocycles. The lowest BCUT2D eigenvalue weighted by Gasteiger charge is -2.53. The van der Waals surface area contributed by atoms with Crippen LogP contribution in [-0.2, 0) is 10.8 Å². The molecule has 0 aromatic heterocycles. The standard InChI is InChI=1S/C53H39BN2/c1-34-30-41-39-25-17-28-44-51(39)56(47-29-16-15-27-43(47)53(44,35-18-7-4-8-19-35)36-20-9-5-10-21-36)54-46-33-45-40(38-24-13-14-26-42(38)52(45,2)3)32-48(46)55(49(31-34)50(41)54)37-22-11-6-12-23-37/h4-33H,1-3H3. The minimum absolute atomic E-state index is 0.0558. The van der Waals surface area contributed by atoms with Crippen molar-refractivity contribution in [2.45, 2.75) is 31.6 Å². The Morgan fingerprint density at radius 3 is 1.79 bits per heavy atom. The number of fused-ring (bicyclic) bond motifs is 9. The Hall–Kier alpha value is -6.58. The molecule has 0 fully saturated rings. The van der Waals surface area contributed by atoms with Crippen LogP contribution in [0.15, 0.2) is 182 Å². The maximum Gasteiger partial charge on any atom is 0.333 e. The summed E-state index contributed by atoms with van der Waals surface area (Å²) < 4.78 is 0. The van der Waals surface area contributed by atoms with Gasteiger partial charge in [0.2, 0.25) is 0 Å². The van der Waals surface area contributed by atoms with Crippen molar-refractivity contribution >= 4 is 46.2 Å². The van der Waals surface area contributed by atoms with E-state index in [0.717, 1.165) is 0 Å². The first kappa shape index (κ1) is 31.7. The number of aryl methyl sites for hydroxylation is 1. The van der Waals surface area contributed by atoms with Crippen LogP contribution in [0.25, 0.3) is 22.3 Å². The molecule has 1 aliphatic carbocycles. The summed E-state index contributed by atoms with van der Waals surface area (Å²) in [5.41, 5.74) is 22.8. The summed E-state index contributed by atoms with van der Waals surface area (Å²) in [6, 6.07) is 68.7. The maximum atomic E-state index is 2.73. The first-order chi connectivity index (χ1) is 27.5. The van der Waals surface area contributed by atoms with Crippen LogP contribution in [-0.4, -0.2) is 6.85 Å². The molecule has 264 valence electrons. The summed E-state index contributed by atoms with van der Waals surface area (Å²) >= 11 is 0. The molecule has 3 heteroatoms. The van der Waals surface area contributed by atoms with Gasteiger partial charge in [0.25, 0.3) is 0 Å². The van der Waals surface area contributed by atoms with Gasteiger partial charge in [0, 0.05) is 39.4 Å². The van der Waals surface area contributed by atoms with Gasteiger partial charge in [-0.25, -0.2) is 0 Å². The van der Waals surface area contributed by atoms with E-state index in [0.29, 0.717) is 0 Å². The van der Waals surface area contributed by atoms with E-state index in [-0.39, 0.29) is 12.3 Å². The Labute approximate surface area is 329 Å². The van der Waals surface area contributed by atoms with Crippen LogP contribution in [0.5, 0.6) is 0 Å². The predicted octanol–water partition coefficient (Wildman–Crippen LogP) is 11.7. The fourth-order valence-corrected chi connectivity index (χ4v) is 11.1. The first-order valence-electron chi connectivity index (χ1n) is 19.9. The SMILES string of the molecule is Cc1cc2c3c(c1)N(c1ccccc1)c1cc4c(cc1B3N1c3ccccc3C(c3ccccc3)(c3ccccc3)c3cccc-2c31)C(C)(C)c1ccccc1-4. The van der Waals surface area contributed by atoms with Crippen molar-refractivity contribution in [2.24, 2.45) is 0 Å². The van der Waals surface area contributed by atoms with Gasteiger partial charge in [-0.15, -0.1) is 0 Å². The van der Waals surface area contributed by atoms with Crippen molar-refractivity contribution in [1.82, 2.24) is 0 Å². The second-order valence-corrected chi connectivity index (χ2v) is 16.5. The average molecular weight is 715 g/mol. The molecule has 0 saturated heterocycles. The predicted molar refractivity (Wildman–Crippen MR) is 234 cm³/mol. The number of rotatable bonds is 3. The summed E-state index contributed by atoms with van der Waals surface area (Å²) in [5, 5.41) is 0. The average Bonchev–Trinajstić information content (AvgIpc) is 3.47. The van der Waals surface area contributed by atoms with Crippen LogP contribution in [0, 0.1) is 6.92 Å². The maximum absolute atomic E-state index is 2.73. The van der Waals surface area contributed by atoms with Gasteiger partial charge in [-0.2, -0.15) is 0 Å². The first-order valence-corrected chi connectivity index (χ1v) is 19.9. The molecule has 0 atom stereocenters. The monoisotopic (exact) mass is 714 g/mol. The highest BCUT2D eigenvalue weighted by Crippen LogP contribution is 2.60. The van der Waals surface area contributed by atoms with Crippen molar-refractivity contribution < 1.29 is 0 Å². The Morgan fingerprint density at radius 1 is 0.446 bits per heavy atom. The van der Waals surface area contributed by atoms with E-state index in [1.54, 1.807) is 0 Å². The molecule has 8 aromatic rings. The topological polar surface area (TPSA) is 6.48 Å². The quantitative estimate of drug-likeness (QED) is 0.168. The molecule has 12 rings (SSSR count). The van der Waals surface area contributed by atoms with Crippen molar-refractivity contribution in [1.29, 1.82) is 0 Å². The molecule has 0 saturated carbocycles. The fraction of sp³-hybridized carbons (Fsp3) is 0.0943. The Balaban J connectivity index is 1.25. The smallest absolute Gasteiger partial charge is 0.333 e. The number of nitrogens with zero attached hydrogens (tertiary/aromatic N) is 2. The van der Waals surface area contributed by atoms with Crippen molar-refractivity contribution in [3.8, 4) is 22.3 Å². The summed E-state index contributed by atoms with van der Waals surface area (Å²) in [6.45, 7) is 7.02. The summed E-state index contributed by atoms with van der Waals surface area (Å²) in [4.78, 5) is 5.28. The number of benzene rings is 8. The van der Waals surface area contributed by atoms with Gasteiger partial charge in [-0.05, 0) is 104 Å². The Bertz CT molecular complexity index is 2870. The Kier molecular flexibility index (Phi) is 6.37. The molecule has 0 bridgehead atoms. The zero-order valence-corrected chi connectivity index (χ0v) is 31.8. The molecule has 0 unspecified atom stereocenters. The zero-order valence-electron chi connectivity index (χ0n) is 31.8. The molecule has 0 radical (unpaired) electrons. The van der Waals surface area contributed by atoms with Crippen LogP contribution in [0.1, 0.15) is 52.8 Å². The lowest BCUT2D eigenvalue weighted by atomic mass is 9.41. The minimum atomic E-state index is -0.528. The molecule has 0 amide bonds. The van der Waals surface area contributed by atoms with Crippen LogP contribution in [0.2, 0.25) is 0 Å². The van der Waals surface area contributed by atoms with E-state index in [4.69, 9.17) is 0 Å². The van der Waals surface area contributed by atoms with Gasteiger partial charge < -0.3 is 9.71 Å². The van der Waals surface area contributed by atoms with Crippen LogP contribution in [0.3, 0.4) is 0 Å². The van der Waals surface area contributed by atoms with Crippen LogP contribution in [0.4, 0.5) is 28.4 Å². The third kappa shape index (κ3) is 3.92. The second-order valence-electron chi connectivity index (χ2n) is 16.5. The molecule has 4 aliphatic rings. The number of hydrogen-bond acceptors (Lipinski definition) is 2. The third-order valence-corrected chi connectivity index (χ3v) is 13.3. The largest absolute Gasteiger partial charge is 0.376 e. The van der Waals surface area contributed by atoms with Crippen molar-refractivity contribution in [3.63, 3.8) is 0 Å². The summed E-state index contributed by atoms with van der Waals surface area (Å²) in [5.74, 6) is 0. The van der Waals surface area contributed by atoms with Crippen molar-refractivity contribution in [3.05, 3.63) is 221 Å². The summed E-state index contributed by atoms with van der Waals surface area (Å²) in [7, 11) is 0. The highest BCUT2D eigenvalue weighted by molar-refractivity contribution is 6.93. The zero-order chi connectivity index (χ0) is 37.3. The highest BCUT2D eigenvalue weighted by Gasteiger charge is 2.54. The van der Waals surface area contributed by atoms with Gasteiger partial charge in [-0.1, -0.05) is 166 Å². The molecule has 0 spiro atoms. The van der Waals surface area contributed by atoms with Gasteiger partial charge in [0.1, 0.15) is 0 Å². The number of hydrogen-bond donors (Lipinski definition) is 0. The Morgan fingerprint density at radius 2 is 1.05 bits per heavy atom. The van der Waals surface area contributed by atoms with E-state index in [1.807, 2.05) is 0 Å². The van der Waals surface area contributed by atoms with Gasteiger partial charge in [0.15, 0.2) is 0 Å². The highest BCUT2D eigenvalue weighted by atomic mass is 15.2. The fourth-order valence-electron chi connectivity index (χ4n) is 11.1. The molecule has 0 N–H and O–H groups in total. The minimum Gasteiger partial charge on any atom is -0.376 e. The molecule has 2 nitrogen and oxygen atoms in total. The normalized spacial score (nSPS) is 15.6. The molecule has 3 heterocycles. The lowest BCUT2D eigenvalue weighted by molar-refractivity contribution is 0.661. The summed E-state index contributed by atoms with van der Waals surface area (Å²) in [6.07, 6.45) is 0. The van der Waals surface area contributed by atoms with E-state index >= 15 is 0 Å². The van der Waals surface area contributed by atoms with E-state index in [9.17, 15) is 0 Å². The second kappa shape index (κ2) is 11.2. The third-order valence-electron chi connectivity index (χ3n) is 13.3. The molecule has 56 heavy (non-hydrogen) atoms. The molecule has 3 aliphatic heterocycles. The van der Waals surface area contributed by atoms with Gasteiger partial charge in [-0.3, -0.25) is 0 Å². The molecular weight excluding hydrogens is 675 g/mol. The number of anilines is 5. The van der Waals surface area contributed by atoms with Gasteiger partial charge >= 0.3 is 6.85 Å². The molecular formula is C53H39BN2. The van der Waals surface area contributed by atoms with Crippen LogP contribution < -0.4 is 20.6 Å². The van der Waals surface area contributed by atoms with E-state index in [1.165, 1.54) is 101 Å². The lowest BCUT2D eigenvalue weighted by Crippen LogP contribution is -2.63.